The number of nitrogens with zero attached hydrogens (tertiary/aromatic N) is 4. The molecule has 94 valence electrons. The van der Waals surface area contributed by atoms with Gasteiger partial charge in [-0.25, -0.2) is 9.50 Å². The number of aromatic nitrogens is 3. The van der Waals surface area contributed by atoms with E-state index in [-0.39, 0.29) is 0 Å². The summed E-state index contributed by atoms with van der Waals surface area (Å²) in [7, 11) is 0. The fourth-order valence-corrected chi connectivity index (χ4v) is 1.68. The van der Waals surface area contributed by atoms with Crippen molar-refractivity contribution < 1.29 is 0 Å². The molecule has 2 rings (SSSR count). The van der Waals surface area contributed by atoms with Crippen molar-refractivity contribution >= 4 is 11.5 Å². The molecule has 0 bridgehead atoms. The fraction of sp³-hybridized carbons (Fsp3) is 0.538. The van der Waals surface area contributed by atoms with Gasteiger partial charge >= 0.3 is 0 Å². The average molecular weight is 234 g/mol. The third kappa shape index (κ3) is 3.19. The van der Waals surface area contributed by atoms with Gasteiger partial charge in [0, 0.05) is 25.4 Å². The van der Waals surface area contributed by atoms with Gasteiger partial charge in [-0.1, -0.05) is 20.8 Å². The third-order valence-electron chi connectivity index (χ3n) is 2.44. The van der Waals surface area contributed by atoms with Gasteiger partial charge in [-0.2, -0.15) is 5.10 Å². The first-order chi connectivity index (χ1) is 8.35. The highest BCUT2D eigenvalue weighted by Crippen LogP contribution is 2.11. The van der Waals surface area contributed by atoms with Crippen molar-refractivity contribution in [3.05, 3.63) is 24.5 Å². The van der Waals surface area contributed by atoms with Crippen LogP contribution >= 0.6 is 0 Å². The Labute approximate surface area is 103 Å². The first kappa shape index (κ1) is 13.5. The van der Waals surface area contributed by atoms with Gasteiger partial charge in [0.1, 0.15) is 5.82 Å². The molecule has 2 aromatic rings. The quantitative estimate of drug-likeness (QED) is 0.815. The van der Waals surface area contributed by atoms with Crippen molar-refractivity contribution in [1.29, 1.82) is 0 Å². The van der Waals surface area contributed by atoms with Crippen LogP contribution in [0.5, 0.6) is 0 Å². The SMILES string of the molecule is CC.CCCN(CC)c1ccn2nccc2n1. The summed E-state index contributed by atoms with van der Waals surface area (Å²) < 4.78 is 1.78. The van der Waals surface area contributed by atoms with Crippen molar-refractivity contribution in [2.24, 2.45) is 0 Å². The molecule has 0 saturated heterocycles. The van der Waals surface area contributed by atoms with E-state index >= 15 is 0 Å². The van der Waals surface area contributed by atoms with Crippen LogP contribution in [0, 0.1) is 0 Å². The molecular weight excluding hydrogens is 212 g/mol. The van der Waals surface area contributed by atoms with E-state index in [1.54, 1.807) is 10.7 Å². The lowest BCUT2D eigenvalue weighted by molar-refractivity contribution is 0.775. The van der Waals surface area contributed by atoms with Gasteiger partial charge in [-0.3, -0.25) is 0 Å². The van der Waals surface area contributed by atoms with E-state index in [0.717, 1.165) is 31.0 Å². The number of rotatable bonds is 4. The van der Waals surface area contributed by atoms with E-state index in [1.807, 2.05) is 32.2 Å². The molecule has 0 radical (unpaired) electrons. The largest absolute Gasteiger partial charge is 0.357 e. The highest BCUT2D eigenvalue weighted by molar-refractivity contribution is 5.47. The smallest absolute Gasteiger partial charge is 0.157 e. The Bertz CT molecular complexity index is 436. The molecule has 0 aliphatic rings. The molecule has 0 aliphatic carbocycles. The Morgan fingerprint density at radius 3 is 2.65 bits per heavy atom. The monoisotopic (exact) mass is 234 g/mol. The zero-order valence-electron chi connectivity index (χ0n) is 11.2. The second kappa shape index (κ2) is 6.89. The van der Waals surface area contributed by atoms with Crippen molar-refractivity contribution in [1.82, 2.24) is 14.6 Å². The summed E-state index contributed by atoms with van der Waals surface area (Å²) >= 11 is 0. The summed E-state index contributed by atoms with van der Waals surface area (Å²) in [6.07, 6.45) is 4.86. The summed E-state index contributed by atoms with van der Waals surface area (Å²) in [6.45, 7) is 10.4. The standard InChI is InChI=1S/C11H16N4.C2H6/c1-3-8-14(4-2)10-6-9-15-11(13-10)5-7-12-15;1-2/h5-7,9H,3-4,8H2,1-2H3;1-2H3. The van der Waals surface area contributed by atoms with Crippen molar-refractivity contribution in [2.75, 3.05) is 18.0 Å². The van der Waals surface area contributed by atoms with E-state index in [1.165, 1.54) is 0 Å². The van der Waals surface area contributed by atoms with Gasteiger partial charge in [-0.05, 0) is 19.4 Å². The van der Waals surface area contributed by atoms with Crippen LogP contribution in [0.2, 0.25) is 0 Å². The van der Waals surface area contributed by atoms with E-state index in [4.69, 9.17) is 0 Å². The summed E-state index contributed by atoms with van der Waals surface area (Å²) in [5.41, 5.74) is 0.905. The number of fused-ring (bicyclic) bond motifs is 1. The van der Waals surface area contributed by atoms with Gasteiger partial charge in [-0.15, -0.1) is 0 Å². The van der Waals surface area contributed by atoms with Crippen LogP contribution in [0.4, 0.5) is 5.82 Å². The minimum Gasteiger partial charge on any atom is -0.357 e. The van der Waals surface area contributed by atoms with E-state index in [2.05, 4.69) is 28.8 Å². The Morgan fingerprint density at radius 2 is 2.00 bits per heavy atom. The van der Waals surface area contributed by atoms with Crippen LogP contribution in [0.15, 0.2) is 24.5 Å². The lowest BCUT2D eigenvalue weighted by Crippen LogP contribution is -2.24. The first-order valence-electron chi connectivity index (χ1n) is 6.40. The lowest BCUT2D eigenvalue weighted by atomic mass is 10.4. The summed E-state index contributed by atoms with van der Waals surface area (Å²) in [4.78, 5) is 6.82. The Kier molecular flexibility index (Phi) is 5.46. The molecule has 0 N–H and O–H groups in total. The molecule has 0 aliphatic heterocycles. The number of anilines is 1. The van der Waals surface area contributed by atoms with Crippen LogP contribution in [0.25, 0.3) is 5.65 Å². The normalized spacial score (nSPS) is 9.88. The predicted octanol–water partition coefficient (Wildman–Crippen LogP) is 2.99. The first-order valence-corrected chi connectivity index (χ1v) is 6.40. The maximum atomic E-state index is 4.55. The summed E-state index contributed by atoms with van der Waals surface area (Å²) in [5.74, 6) is 1.03. The van der Waals surface area contributed by atoms with Gasteiger partial charge in [0.05, 0.1) is 6.20 Å². The zero-order valence-corrected chi connectivity index (χ0v) is 11.2. The fourth-order valence-electron chi connectivity index (χ4n) is 1.68. The van der Waals surface area contributed by atoms with E-state index in [0.29, 0.717) is 0 Å². The third-order valence-corrected chi connectivity index (χ3v) is 2.44. The van der Waals surface area contributed by atoms with Crippen LogP contribution in [-0.4, -0.2) is 27.7 Å². The average Bonchev–Trinajstić information content (AvgIpc) is 2.85. The molecular formula is C13H22N4. The highest BCUT2D eigenvalue weighted by Gasteiger charge is 2.05. The van der Waals surface area contributed by atoms with Crippen molar-refractivity contribution in [2.45, 2.75) is 34.1 Å². The minimum absolute atomic E-state index is 0.905. The molecule has 0 amide bonds. The second-order valence-corrected chi connectivity index (χ2v) is 3.50. The molecule has 0 aromatic carbocycles. The minimum atomic E-state index is 0.905. The number of hydrogen-bond acceptors (Lipinski definition) is 3. The van der Waals surface area contributed by atoms with Crippen LogP contribution in [-0.2, 0) is 0 Å². The van der Waals surface area contributed by atoms with Crippen LogP contribution in [0.3, 0.4) is 0 Å². The highest BCUT2D eigenvalue weighted by atomic mass is 15.3. The van der Waals surface area contributed by atoms with Gasteiger partial charge in [0.15, 0.2) is 5.65 Å². The van der Waals surface area contributed by atoms with E-state index < -0.39 is 0 Å². The Morgan fingerprint density at radius 1 is 1.24 bits per heavy atom. The van der Waals surface area contributed by atoms with Crippen molar-refractivity contribution in [3.63, 3.8) is 0 Å². The molecule has 2 aromatic heterocycles. The lowest BCUT2D eigenvalue weighted by Gasteiger charge is -2.20. The molecule has 0 spiro atoms. The van der Waals surface area contributed by atoms with Gasteiger partial charge in [0.2, 0.25) is 0 Å². The van der Waals surface area contributed by atoms with Crippen molar-refractivity contribution in [3.8, 4) is 0 Å². The Hall–Kier alpha value is -1.58. The molecule has 0 saturated carbocycles. The van der Waals surface area contributed by atoms with Crippen LogP contribution in [0.1, 0.15) is 34.1 Å². The van der Waals surface area contributed by atoms with Gasteiger partial charge < -0.3 is 4.90 Å². The summed E-state index contributed by atoms with van der Waals surface area (Å²) in [5, 5.41) is 4.13. The zero-order chi connectivity index (χ0) is 12.7. The molecule has 0 atom stereocenters. The maximum Gasteiger partial charge on any atom is 0.157 e. The van der Waals surface area contributed by atoms with Gasteiger partial charge in [0.25, 0.3) is 0 Å². The van der Waals surface area contributed by atoms with Crippen LogP contribution < -0.4 is 4.90 Å². The number of hydrogen-bond donors (Lipinski definition) is 0. The van der Waals surface area contributed by atoms with E-state index in [9.17, 15) is 0 Å². The molecule has 4 nitrogen and oxygen atoms in total. The molecule has 4 heteroatoms. The Balaban J connectivity index is 0.000000686. The molecule has 0 unspecified atom stereocenters. The second-order valence-electron chi connectivity index (χ2n) is 3.50. The molecule has 17 heavy (non-hydrogen) atoms. The summed E-state index contributed by atoms with van der Waals surface area (Å²) in [6, 6.07) is 3.93. The topological polar surface area (TPSA) is 33.4 Å². The molecule has 2 heterocycles. The molecule has 0 fully saturated rings. The predicted molar refractivity (Wildman–Crippen MR) is 72.5 cm³/mol. The maximum absolute atomic E-state index is 4.55.